The number of aryl methyl sites for hydroxylation is 1. The van der Waals surface area contributed by atoms with E-state index >= 15 is 0 Å². The summed E-state index contributed by atoms with van der Waals surface area (Å²) < 4.78 is 41.8. The number of carboxylic acid groups (broad SMARTS) is 2. The molecule has 0 aliphatic carbocycles. The first kappa shape index (κ1) is 41.6. The Morgan fingerprint density at radius 2 is 2.06 bits per heavy atom. The lowest BCUT2D eigenvalue weighted by molar-refractivity contribution is -0.218. The van der Waals surface area contributed by atoms with Crippen molar-refractivity contribution in [3.63, 3.8) is 0 Å². The van der Waals surface area contributed by atoms with E-state index in [4.69, 9.17) is 35.5 Å². The van der Waals surface area contributed by atoms with Crippen molar-refractivity contribution in [3.8, 4) is 5.75 Å². The molecule has 22 nitrogen and oxygen atoms in total. The highest BCUT2D eigenvalue weighted by atomic mass is 32.3. The Kier molecular flexibility index (Phi) is 13.0. The second-order valence-corrected chi connectivity index (χ2v) is 14.8. The van der Waals surface area contributed by atoms with Crippen LogP contribution >= 0.6 is 11.3 Å². The average Bonchev–Trinajstić information content (AvgIpc) is 3.56. The molecule has 1 fully saturated rings. The number of fused-ring (bicyclic) bond motifs is 1. The third-order valence-corrected chi connectivity index (χ3v) is 9.74. The number of β-lactam (4-membered cyclic amide) rings is 1. The lowest BCUT2D eigenvalue weighted by Crippen LogP contribution is -2.76. The fraction of sp³-hybridized carbons (Fsp3) is 0.500. The van der Waals surface area contributed by atoms with Crippen LogP contribution < -0.4 is 32.2 Å². The number of nitrogens with one attached hydrogen (secondary N) is 3. The van der Waals surface area contributed by atoms with Crippen LogP contribution in [0.2, 0.25) is 0 Å². The molecule has 1 unspecified atom stereocenters. The standard InChI is InChI=1S/C29H39N9O11S2.CH2O2/c1-28(2)22(24(41)38(28)49-51(44,45)46)36-23(40)21(18-13-50-26(31)35-18)37-48-29(3,25(42)43)20-7-5-15-8-14(4-6-19(15)47-20)16-10-32-27(33-11-16)34-12-17(39)9-30;2-1-3/h4,6,8,13,16-17,20,22,39H,5,7,9-12,30H2,1-3H3,(H2,31,35)(H,36,40)(H,42,43)(H2,32,33,34)(H,44,45,46);1H,(H,2,3)/b37-21-;/t17-,20+,22+,29-;/m0./s1. The molecular weight excluding hydrogens is 759 g/mol. The number of thiazole rings is 1. The summed E-state index contributed by atoms with van der Waals surface area (Å²) in [4.78, 5) is 61.3. The van der Waals surface area contributed by atoms with Crippen LogP contribution in [-0.4, -0.2) is 130 Å². The number of aliphatic imine (C=N–C) groups is 1. The minimum atomic E-state index is -5.03. The highest BCUT2D eigenvalue weighted by Gasteiger charge is 2.58. The number of nitrogen functional groups attached to an aromatic ring is 1. The number of carbonyl (C=O) groups is 4. The summed E-state index contributed by atoms with van der Waals surface area (Å²) in [6.07, 6.45) is -1.08. The molecular formula is C30H41N9O13S2. The zero-order valence-corrected chi connectivity index (χ0v) is 30.8. The van der Waals surface area contributed by atoms with Crippen molar-refractivity contribution < 1.29 is 61.3 Å². The van der Waals surface area contributed by atoms with E-state index in [2.05, 4.69) is 35.4 Å². The van der Waals surface area contributed by atoms with Gasteiger partial charge in [-0.1, -0.05) is 17.3 Å². The van der Waals surface area contributed by atoms with Gasteiger partial charge in [0.2, 0.25) is 0 Å². The Labute approximate surface area is 312 Å². The van der Waals surface area contributed by atoms with Crippen LogP contribution in [0.15, 0.2) is 33.7 Å². The van der Waals surface area contributed by atoms with Gasteiger partial charge in [0.05, 0.1) is 18.2 Å². The molecule has 296 valence electrons. The SMILES string of the molecule is CC1(C)[C@H](NC(=O)/C(=N\O[C@](C)(C(=O)O)[C@H]2CCc3cc(C4CN=C(NC[C@@H](O)CN)NC4)ccc3O2)c2csc(N)n2)C(=O)N1OS(=O)(=O)O.O=CO. The smallest absolute Gasteiger partial charge is 0.418 e. The fourth-order valence-electron chi connectivity index (χ4n) is 5.63. The molecule has 2 amide bonds. The molecule has 54 heavy (non-hydrogen) atoms. The number of aliphatic hydroxyl groups excluding tert-OH is 1. The van der Waals surface area contributed by atoms with Crippen molar-refractivity contribution in [3.05, 3.63) is 40.4 Å². The Hall–Kier alpha value is -5.14. The first-order chi connectivity index (χ1) is 25.3. The summed E-state index contributed by atoms with van der Waals surface area (Å²) in [7, 11) is -5.03. The number of aromatic nitrogens is 1. The third kappa shape index (κ3) is 9.50. The van der Waals surface area contributed by atoms with Gasteiger partial charge >= 0.3 is 16.4 Å². The van der Waals surface area contributed by atoms with Crippen molar-refractivity contribution in [2.45, 2.75) is 68.9 Å². The van der Waals surface area contributed by atoms with Crippen LogP contribution in [0.5, 0.6) is 5.75 Å². The van der Waals surface area contributed by atoms with Gasteiger partial charge in [0, 0.05) is 30.9 Å². The second-order valence-electron chi connectivity index (χ2n) is 12.9. The lowest BCUT2D eigenvalue weighted by Gasteiger charge is -2.50. The zero-order chi connectivity index (χ0) is 40.0. The van der Waals surface area contributed by atoms with E-state index < -0.39 is 63.3 Å². The first-order valence-corrected chi connectivity index (χ1v) is 18.4. The Morgan fingerprint density at radius 1 is 1.35 bits per heavy atom. The number of nitrogens with zero attached hydrogens (tertiary/aromatic N) is 4. The summed E-state index contributed by atoms with van der Waals surface area (Å²) in [6.45, 7) is 5.25. The molecule has 24 heteroatoms. The molecule has 0 radical (unpaired) electrons. The average molecular weight is 800 g/mol. The maximum absolute atomic E-state index is 13.5. The van der Waals surface area contributed by atoms with E-state index in [0.29, 0.717) is 36.3 Å². The Bertz CT molecular complexity index is 1910. The molecule has 2 aromatic rings. The number of hydrogen-bond donors (Lipinski definition) is 9. The number of oxime groups is 1. The molecule has 3 aliphatic heterocycles. The van der Waals surface area contributed by atoms with Gasteiger partial charge in [-0.3, -0.25) is 23.9 Å². The van der Waals surface area contributed by atoms with Crippen LogP contribution in [-0.2, 0) is 45.1 Å². The molecule has 1 aromatic carbocycles. The highest BCUT2D eigenvalue weighted by Crippen LogP contribution is 2.36. The molecule has 5 atom stereocenters. The van der Waals surface area contributed by atoms with E-state index in [1.807, 2.05) is 12.1 Å². The summed E-state index contributed by atoms with van der Waals surface area (Å²) in [5.74, 6) is -2.36. The number of guanidine groups is 1. The predicted molar refractivity (Wildman–Crippen MR) is 190 cm³/mol. The van der Waals surface area contributed by atoms with E-state index in [-0.39, 0.29) is 42.7 Å². The number of amides is 2. The molecule has 1 saturated heterocycles. The van der Waals surface area contributed by atoms with Crippen molar-refractivity contribution in [1.29, 1.82) is 0 Å². The number of aliphatic carboxylic acids is 1. The molecule has 0 bridgehead atoms. The van der Waals surface area contributed by atoms with Gasteiger partial charge in [-0.05, 0) is 50.8 Å². The third-order valence-electron chi connectivity index (χ3n) is 8.73. The van der Waals surface area contributed by atoms with E-state index in [0.717, 1.165) is 22.5 Å². The summed E-state index contributed by atoms with van der Waals surface area (Å²) in [5, 5.41) is 41.2. The number of carboxylic acids is 1. The lowest BCUT2D eigenvalue weighted by atomic mass is 9.84. The van der Waals surface area contributed by atoms with Crippen molar-refractivity contribution in [1.82, 2.24) is 26.0 Å². The number of rotatable bonds is 13. The van der Waals surface area contributed by atoms with E-state index in [9.17, 15) is 33.0 Å². The van der Waals surface area contributed by atoms with Gasteiger partial charge in [-0.2, -0.15) is 13.5 Å². The number of anilines is 1. The summed E-state index contributed by atoms with van der Waals surface area (Å²) >= 11 is 0.963. The van der Waals surface area contributed by atoms with E-state index in [1.165, 1.54) is 26.2 Å². The van der Waals surface area contributed by atoms with Crippen LogP contribution in [0.25, 0.3) is 0 Å². The van der Waals surface area contributed by atoms with Crippen LogP contribution in [0.3, 0.4) is 0 Å². The van der Waals surface area contributed by atoms with Crippen LogP contribution in [0.1, 0.15) is 49.9 Å². The molecule has 5 rings (SSSR count). The number of ether oxygens (including phenoxy) is 1. The van der Waals surface area contributed by atoms with Crippen molar-refractivity contribution >= 4 is 62.8 Å². The van der Waals surface area contributed by atoms with Gasteiger partial charge < -0.3 is 52.3 Å². The quantitative estimate of drug-likeness (QED) is 0.0354. The molecule has 1 aromatic heterocycles. The second kappa shape index (κ2) is 16.9. The normalized spacial score (nSPS) is 22.2. The number of aliphatic hydroxyl groups is 1. The minimum absolute atomic E-state index is 0.0566. The van der Waals surface area contributed by atoms with Gasteiger partial charge in [0.1, 0.15) is 17.5 Å². The molecule has 4 heterocycles. The van der Waals surface area contributed by atoms with Crippen LogP contribution in [0.4, 0.5) is 5.13 Å². The summed E-state index contributed by atoms with van der Waals surface area (Å²) in [6, 6.07) is 4.27. The molecule has 3 aliphatic rings. The zero-order valence-electron chi connectivity index (χ0n) is 29.2. The first-order valence-electron chi connectivity index (χ1n) is 16.1. The number of benzene rings is 1. The number of nitrogens with two attached hydrogens (primary N) is 2. The molecule has 0 spiro atoms. The van der Waals surface area contributed by atoms with Crippen molar-refractivity contribution in [2.24, 2.45) is 15.9 Å². The van der Waals surface area contributed by atoms with Crippen LogP contribution in [0, 0.1) is 0 Å². The van der Waals surface area contributed by atoms with Gasteiger partial charge in [0.15, 0.2) is 22.9 Å². The summed E-state index contributed by atoms with van der Waals surface area (Å²) in [5.41, 5.74) is 8.91. The highest BCUT2D eigenvalue weighted by molar-refractivity contribution is 7.80. The number of hydrogen-bond acceptors (Lipinski definition) is 18. The Morgan fingerprint density at radius 3 is 2.61 bits per heavy atom. The van der Waals surface area contributed by atoms with Gasteiger partial charge in [-0.15, -0.1) is 15.6 Å². The monoisotopic (exact) mass is 799 g/mol. The minimum Gasteiger partial charge on any atom is -0.485 e. The molecule has 11 N–H and O–H groups in total. The largest absolute Gasteiger partial charge is 0.485 e. The predicted octanol–water partition coefficient (Wildman–Crippen LogP) is -1.82. The Balaban J connectivity index is 0.00000209. The van der Waals surface area contributed by atoms with Gasteiger partial charge in [-0.25, -0.2) is 9.78 Å². The maximum atomic E-state index is 13.5. The topological polar surface area (TPSA) is 340 Å². The molecule has 0 saturated carbocycles. The number of carbonyl (C=O) groups excluding carboxylic acids is 2. The maximum Gasteiger partial charge on any atom is 0.418 e. The van der Waals surface area contributed by atoms with Crippen molar-refractivity contribution in [2.75, 3.05) is 31.9 Å². The fourth-order valence-corrected chi connectivity index (χ4v) is 6.63. The number of hydroxylamine groups is 2. The van der Waals surface area contributed by atoms with Gasteiger partial charge in [0.25, 0.3) is 23.9 Å². The van der Waals surface area contributed by atoms with E-state index in [1.54, 1.807) is 6.07 Å².